The maximum absolute atomic E-state index is 12.3. The molecule has 2 rings (SSSR count). The van der Waals surface area contributed by atoms with Gasteiger partial charge in [-0.25, -0.2) is 4.98 Å². The molecule has 0 fully saturated rings. The zero-order chi connectivity index (χ0) is 11.1. The molecule has 0 atom stereocenters. The highest BCUT2D eigenvalue weighted by molar-refractivity contribution is 9.10. The van der Waals surface area contributed by atoms with Gasteiger partial charge in [-0.1, -0.05) is 0 Å². The number of halogens is 4. The number of thiophene rings is 1. The van der Waals surface area contributed by atoms with E-state index in [-0.39, 0.29) is 0 Å². The first-order chi connectivity index (χ1) is 6.97. The van der Waals surface area contributed by atoms with Crippen LogP contribution in [0.15, 0.2) is 21.3 Å². The molecular formula is C8H3BrF3NS2. The van der Waals surface area contributed by atoms with Crippen molar-refractivity contribution in [3.05, 3.63) is 26.3 Å². The van der Waals surface area contributed by atoms with Crippen LogP contribution in [0.4, 0.5) is 13.2 Å². The number of alkyl halides is 3. The van der Waals surface area contributed by atoms with Crippen molar-refractivity contribution in [2.45, 2.75) is 6.18 Å². The molecule has 0 unspecified atom stereocenters. The maximum Gasteiger partial charge on any atom is 0.443 e. The third-order valence-corrected chi connectivity index (χ3v) is 4.17. The maximum atomic E-state index is 12.3. The summed E-state index contributed by atoms with van der Waals surface area (Å²) in [6, 6.07) is 1.75. The Morgan fingerprint density at radius 2 is 1.93 bits per heavy atom. The van der Waals surface area contributed by atoms with Crippen molar-refractivity contribution >= 4 is 38.6 Å². The average Bonchev–Trinajstić information content (AvgIpc) is 2.69. The molecule has 0 saturated heterocycles. The van der Waals surface area contributed by atoms with Gasteiger partial charge in [-0.15, -0.1) is 22.7 Å². The van der Waals surface area contributed by atoms with Crippen molar-refractivity contribution in [1.82, 2.24) is 4.98 Å². The summed E-state index contributed by atoms with van der Waals surface area (Å²) in [6.45, 7) is 0. The minimum atomic E-state index is -4.35. The van der Waals surface area contributed by atoms with Crippen LogP contribution in [-0.4, -0.2) is 4.98 Å². The molecule has 80 valence electrons. The smallest absolute Gasteiger partial charge is 0.231 e. The fraction of sp³-hybridized carbons (Fsp3) is 0.125. The van der Waals surface area contributed by atoms with E-state index in [1.165, 1.54) is 16.7 Å². The highest BCUT2D eigenvalue weighted by Crippen LogP contribution is 2.36. The summed E-state index contributed by atoms with van der Waals surface area (Å²) in [5.41, 5.74) is 0.378. The molecule has 7 heteroatoms. The molecule has 1 nitrogen and oxygen atoms in total. The Balaban J connectivity index is 2.36. The molecule has 0 N–H and O–H groups in total. The topological polar surface area (TPSA) is 12.9 Å². The Kier molecular flexibility index (Phi) is 2.87. The molecule has 15 heavy (non-hydrogen) atoms. The van der Waals surface area contributed by atoms with E-state index in [1.807, 2.05) is 5.38 Å². The summed E-state index contributed by atoms with van der Waals surface area (Å²) in [5.74, 6) is 0. The van der Waals surface area contributed by atoms with E-state index in [9.17, 15) is 13.2 Å². The molecular weight excluding hydrogens is 311 g/mol. The Hall–Kier alpha value is -0.400. The lowest BCUT2D eigenvalue weighted by Crippen LogP contribution is -2.03. The first-order valence-corrected chi connectivity index (χ1v) is 6.29. The van der Waals surface area contributed by atoms with Gasteiger partial charge < -0.3 is 0 Å². The van der Waals surface area contributed by atoms with Gasteiger partial charge in [0, 0.05) is 15.2 Å². The third kappa shape index (κ3) is 2.40. The fourth-order valence-corrected chi connectivity index (χ4v) is 3.12. The number of hydrogen-bond acceptors (Lipinski definition) is 3. The summed E-state index contributed by atoms with van der Waals surface area (Å²) >= 11 is 5.21. The van der Waals surface area contributed by atoms with Gasteiger partial charge in [0.05, 0.1) is 10.6 Å². The van der Waals surface area contributed by atoms with Crippen LogP contribution in [0.2, 0.25) is 0 Å². The summed E-state index contributed by atoms with van der Waals surface area (Å²) in [4.78, 5) is 4.28. The van der Waals surface area contributed by atoms with Crippen LogP contribution in [0, 0.1) is 0 Å². The number of aromatic nitrogens is 1. The van der Waals surface area contributed by atoms with E-state index in [0.29, 0.717) is 17.0 Å². The normalized spacial score (nSPS) is 12.0. The standard InChI is InChI=1S/C8H3BrF3NS2/c9-4-1-6(14-2-4)5-3-15-7(13-5)8(10,11)12/h1-3H. The van der Waals surface area contributed by atoms with E-state index in [2.05, 4.69) is 20.9 Å². The quantitative estimate of drug-likeness (QED) is 0.746. The zero-order valence-corrected chi connectivity index (χ0v) is 10.2. The molecule has 0 saturated carbocycles. The molecule has 0 aliphatic heterocycles. The van der Waals surface area contributed by atoms with Gasteiger partial charge >= 0.3 is 6.18 Å². The van der Waals surface area contributed by atoms with E-state index in [0.717, 1.165) is 9.35 Å². The Labute approximate surface area is 99.7 Å². The molecule has 0 aromatic carbocycles. The molecule has 0 amide bonds. The summed E-state index contributed by atoms with van der Waals surface area (Å²) in [7, 11) is 0. The Morgan fingerprint density at radius 1 is 1.20 bits per heavy atom. The van der Waals surface area contributed by atoms with Crippen molar-refractivity contribution in [1.29, 1.82) is 0 Å². The lowest BCUT2D eigenvalue weighted by atomic mass is 10.4. The lowest BCUT2D eigenvalue weighted by molar-refractivity contribution is -0.137. The van der Waals surface area contributed by atoms with Gasteiger partial charge in [0.25, 0.3) is 0 Å². The number of hydrogen-bond donors (Lipinski definition) is 0. The average molecular weight is 314 g/mol. The molecule has 0 bridgehead atoms. The fourth-order valence-electron chi connectivity index (χ4n) is 0.964. The van der Waals surface area contributed by atoms with Crippen LogP contribution in [0.25, 0.3) is 10.6 Å². The predicted octanol–water partition coefficient (Wildman–Crippen LogP) is 4.65. The van der Waals surface area contributed by atoms with Crippen LogP contribution in [0.5, 0.6) is 0 Å². The number of rotatable bonds is 1. The first-order valence-electron chi connectivity index (χ1n) is 3.74. The monoisotopic (exact) mass is 313 g/mol. The summed E-state index contributed by atoms with van der Waals surface area (Å²) < 4.78 is 37.6. The van der Waals surface area contributed by atoms with E-state index >= 15 is 0 Å². The third-order valence-electron chi connectivity index (χ3n) is 1.57. The second kappa shape index (κ2) is 3.88. The molecule has 0 spiro atoms. The van der Waals surface area contributed by atoms with E-state index < -0.39 is 11.2 Å². The minimum absolute atomic E-state index is 0.378. The van der Waals surface area contributed by atoms with Crippen LogP contribution in [-0.2, 0) is 6.18 Å². The molecule has 2 aromatic heterocycles. The van der Waals surface area contributed by atoms with Gasteiger partial charge in [-0.3, -0.25) is 0 Å². The van der Waals surface area contributed by atoms with Gasteiger partial charge in [0.2, 0.25) is 0 Å². The predicted molar refractivity (Wildman–Crippen MR) is 58.1 cm³/mol. The van der Waals surface area contributed by atoms with Crippen LogP contribution < -0.4 is 0 Å². The summed E-state index contributed by atoms with van der Waals surface area (Å²) in [5, 5.41) is 2.42. The van der Waals surface area contributed by atoms with Gasteiger partial charge in [-0.05, 0) is 22.0 Å². The van der Waals surface area contributed by atoms with Crippen molar-refractivity contribution in [2.75, 3.05) is 0 Å². The summed E-state index contributed by atoms with van der Waals surface area (Å²) in [6.07, 6.45) is -4.35. The largest absolute Gasteiger partial charge is 0.443 e. The zero-order valence-electron chi connectivity index (χ0n) is 7.01. The molecule has 2 aromatic rings. The minimum Gasteiger partial charge on any atom is -0.231 e. The second-order valence-electron chi connectivity index (χ2n) is 2.66. The van der Waals surface area contributed by atoms with Crippen LogP contribution in [0.3, 0.4) is 0 Å². The highest BCUT2D eigenvalue weighted by Gasteiger charge is 2.34. The Bertz CT molecular complexity index is 474. The van der Waals surface area contributed by atoms with E-state index in [1.54, 1.807) is 6.07 Å². The molecule has 0 aliphatic rings. The SMILES string of the molecule is FC(F)(F)c1nc(-c2cc(Br)cs2)cs1. The van der Waals surface area contributed by atoms with Crippen molar-refractivity contribution in [2.24, 2.45) is 0 Å². The van der Waals surface area contributed by atoms with Crippen LogP contribution >= 0.6 is 38.6 Å². The molecule has 0 aliphatic carbocycles. The van der Waals surface area contributed by atoms with E-state index in [4.69, 9.17) is 0 Å². The Morgan fingerprint density at radius 3 is 2.40 bits per heavy atom. The number of nitrogens with zero attached hydrogens (tertiary/aromatic N) is 1. The first kappa shape index (κ1) is 11.1. The van der Waals surface area contributed by atoms with Crippen molar-refractivity contribution < 1.29 is 13.2 Å². The van der Waals surface area contributed by atoms with Crippen molar-refractivity contribution in [3.8, 4) is 10.6 Å². The highest BCUT2D eigenvalue weighted by atomic mass is 79.9. The van der Waals surface area contributed by atoms with Gasteiger partial charge in [0.15, 0.2) is 5.01 Å². The van der Waals surface area contributed by atoms with Gasteiger partial charge in [-0.2, -0.15) is 13.2 Å². The van der Waals surface area contributed by atoms with Crippen LogP contribution in [0.1, 0.15) is 5.01 Å². The molecule has 0 radical (unpaired) electrons. The number of thiazole rings is 1. The lowest BCUT2D eigenvalue weighted by Gasteiger charge is -1.98. The second-order valence-corrected chi connectivity index (χ2v) is 5.35. The van der Waals surface area contributed by atoms with Gasteiger partial charge in [0.1, 0.15) is 0 Å². The van der Waals surface area contributed by atoms with Crippen molar-refractivity contribution in [3.63, 3.8) is 0 Å². The molecule has 2 heterocycles.